The van der Waals surface area contributed by atoms with Gasteiger partial charge in [-0.25, -0.2) is 9.18 Å². The number of nitrogens with zero attached hydrogens (tertiary/aromatic N) is 5. The lowest BCUT2D eigenvalue weighted by molar-refractivity contribution is 0.457. The molecule has 7 nitrogen and oxygen atoms in total. The van der Waals surface area contributed by atoms with Gasteiger partial charge in [0.15, 0.2) is 11.2 Å². The van der Waals surface area contributed by atoms with Crippen molar-refractivity contribution < 1.29 is 4.39 Å². The van der Waals surface area contributed by atoms with Gasteiger partial charge >= 0.3 is 5.69 Å². The zero-order chi connectivity index (χ0) is 20.0. The Hall–Kier alpha value is -2.90. The third kappa shape index (κ3) is 2.83. The number of rotatable bonds is 4. The van der Waals surface area contributed by atoms with Crippen LogP contribution in [0.15, 0.2) is 33.9 Å². The van der Waals surface area contributed by atoms with Crippen LogP contribution in [0.1, 0.15) is 26.7 Å². The summed E-state index contributed by atoms with van der Waals surface area (Å²) in [5.41, 5.74) is 1.01. The van der Waals surface area contributed by atoms with Crippen molar-refractivity contribution >= 4 is 22.8 Å². The van der Waals surface area contributed by atoms with E-state index in [-0.39, 0.29) is 23.0 Å². The minimum Gasteiger partial charge on any atom is -0.312 e. The highest BCUT2D eigenvalue weighted by Gasteiger charge is 2.29. The van der Waals surface area contributed by atoms with Crippen molar-refractivity contribution in [3.05, 3.63) is 50.9 Å². The highest BCUT2D eigenvalue weighted by molar-refractivity contribution is 5.77. The van der Waals surface area contributed by atoms with Gasteiger partial charge in [-0.2, -0.15) is 4.98 Å². The molecule has 0 unspecified atom stereocenters. The lowest BCUT2D eigenvalue weighted by Crippen LogP contribution is -2.40. The third-order valence-corrected chi connectivity index (χ3v) is 5.32. The van der Waals surface area contributed by atoms with Gasteiger partial charge in [-0.3, -0.25) is 13.9 Å². The molecule has 0 amide bonds. The second-order valence-electron chi connectivity index (χ2n) is 7.54. The predicted octanol–water partition coefficient (Wildman–Crippen LogP) is 2.62. The van der Waals surface area contributed by atoms with Crippen molar-refractivity contribution in [3.8, 4) is 0 Å². The molecule has 1 aliphatic rings. The minimum atomic E-state index is -0.345. The Morgan fingerprint density at radius 3 is 2.57 bits per heavy atom. The van der Waals surface area contributed by atoms with Crippen molar-refractivity contribution in [2.45, 2.75) is 39.8 Å². The molecule has 0 fully saturated rings. The van der Waals surface area contributed by atoms with Gasteiger partial charge < -0.3 is 9.47 Å². The van der Waals surface area contributed by atoms with E-state index >= 15 is 0 Å². The molecule has 3 aromatic rings. The lowest BCUT2D eigenvalue weighted by atomic mass is 10.1. The number of hydrogen-bond donors (Lipinski definition) is 0. The molecule has 4 rings (SSSR count). The van der Waals surface area contributed by atoms with Crippen molar-refractivity contribution in [1.82, 2.24) is 18.7 Å². The van der Waals surface area contributed by atoms with Gasteiger partial charge in [-0.1, -0.05) is 20.3 Å². The van der Waals surface area contributed by atoms with Gasteiger partial charge in [0.1, 0.15) is 5.82 Å². The fraction of sp³-hybridized carbons (Fsp3) is 0.450. The van der Waals surface area contributed by atoms with Crippen molar-refractivity contribution in [3.63, 3.8) is 0 Å². The molecular formula is C20H24FN5O2. The Morgan fingerprint density at radius 1 is 1.18 bits per heavy atom. The molecule has 148 valence electrons. The highest BCUT2D eigenvalue weighted by Crippen LogP contribution is 2.32. The minimum absolute atomic E-state index is 0.260. The van der Waals surface area contributed by atoms with Gasteiger partial charge in [0.2, 0.25) is 5.95 Å². The van der Waals surface area contributed by atoms with E-state index in [1.165, 1.54) is 21.3 Å². The van der Waals surface area contributed by atoms with E-state index in [0.29, 0.717) is 36.7 Å². The van der Waals surface area contributed by atoms with Gasteiger partial charge in [0.25, 0.3) is 5.56 Å². The van der Waals surface area contributed by atoms with E-state index in [1.807, 2.05) is 16.4 Å². The number of halogens is 1. The van der Waals surface area contributed by atoms with E-state index in [0.717, 1.165) is 18.5 Å². The van der Waals surface area contributed by atoms with Crippen LogP contribution in [0.25, 0.3) is 11.2 Å². The third-order valence-electron chi connectivity index (χ3n) is 5.32. The van der Waals surface area contributed by atoms with Gasteiger partial charge in [-0.05, 0) is 36.6 Å². The molecule has 1 atom stereocenters. The maximum Gasteiger partial charge on any atom is 0.332 e. The quantitative estimate of drug-likeness (QED) is 0.693. The zero-order valence-electron chi connectivity index (χ0n) is 16.4. The Balaban J connectivity index is 1.96. The van der Waals surface area contributed by atoms with Crippen molar-refractivity contribution in [1.29, 1.82) is 0 Å². The summed E-state index contributed by atoms with van der Waals surface area (Å²) in [6, 6.07) is 6.23. The van der Waals surface area contributed by atoms with Crippen LogP contribution in [0.2, 0.25) is 0 Å². The molecule has 2 aromatic heterocycles. The first-order valence-corrected chi connectivity index (χ1v) is 9.65. The summed E-state index contributed by atoms with van der Waals surface area (Å²) in [7, 11) is 1.65. The summed E-state index contributed by atoms with van der Waals surface area (Å²) in [5.74, 6) is 0.569. The Kier molecular flexibility index (Phi) is 4.56. The van der Waals surface area contributed by atoms with E-state index < -0.39 is 0 Å². The smallest absolute Gasteiger partial charge is 0.312 e. The summed E-state index contributed by atoms with van der Waals surface area (Å²) in [6.07, 6.45) is 1.66. The van der Waals surface area contributed by atoms with Crippen LogP contribution in [0.4, 0.5) is 16.0 Å². The molecule has 0 N–H and O–H groups in total. The Bertz CT molecular complexity index is 1140. The van der Waals surface area contributed by atoms with Gasteiger partial charge in [-0.15, -0.1) is 0 Å². The van der Waals surface area contributed by atoms with Crippen LogP contribution in [-0.4, -0.2) is 25.2 Å². The summed E-state index contributed by atoms with van der Waals surface area (Å²) in [6.45, 7) is 5.87. The average Bonchev–Trinajstić information content (AvgIpc) is 3.06. The molecular weight excluding hydrogens is 361 g/mol. The van der Waals surface area contributed by atoms with E-state index in [4.69, 9.17) is 0 Å². The number of benzene rings is 1. The van der Waals surface area contributed by atoms with Crippen LogP contribution in [0.5, 0.6) is 0 Å². The molecule has 1 aromatic carbocycles. The van der Waals surface area contributed by atoms with Gasteiger partial charge in [0, 0.05) is 32.4 Å². The number of fused-ring (bicyclic) bond motifs is 3. The molecule has 0 radical (unpaired) electrons. The molecule has 28 heavy (non-hydrogen) atoms. The summed E-state index contributed by atoms with van der Waals surface area (Å²) < 4.78 is 18.0. The maximum absolute atomic E-state index is 13.4. The number of anilines is 2. The maximum atomic E-state index is 13.4. The average molecular weight is 385 g/mol. The number of aryl methyl sites for hydroxylation is 1. The molecule has 0 saturated carbocycles. The number of hydrogen-bond acceptors (Lipinski definition) is 4. The van der Waals surface area contributed by atoms with Crippen LogP contribution < -0.4 is 16.1 Å². The topological polar surface area (TPSA) is 65.1 Å². The molecule has 0 saturated heterocycles. The Labute approximate surface area is 161 Å². The Morgan fingerprint density at radius 2 is 1.89 bits per heavy atom. The van der Waals surface area contributed by atoms with Crippen molar-refractivity contribution in [2.24, 2.45) is 13.0 Å². The van der Waals surface area contributed by atoms with Crippen molar-refractivity contribution in [2.75, 3.05) is 11.4 Å². The molecule has 0 aliphatic carbocycles. The number of imidazole rings is 1. The first kappa shape index (κ1) is 18.5. The van der Waals surface area contributed by atoms with E-state index in [2.05, 4.69) is 11.9 Å². The summed E-state index contributed by atoms with van der Waals surface area (Å²) in [5, 5.41) is 0. The van der Waals surface area contributed by atoms with Gasteiger partial charge in [0.05, 0.1) is 0 Å². The summed E-state index contributed by atoms with van der Waals surface area (Å²) >= 11 is 0. The van der Waals surface area contributed by atoms with Crippen LogP contribution in [-0.2, 0) is 20.1 Å². The zero-order valence-corrected chi connectivity index (χ0v) is 16.4. The number of aromatic nitrogens is 4. The molecule has 8 heteroatoms. The fourth-order valence-corrected chi connectivity index (χ4v) is 3.86. The SMILES string of the molecule is CCCCn1c(=O)c2c(nc3n2C[C@@H](C)CN3c2ccc(F)cc2)n(C)c1=O. The first-order valence-electron chi connectivity index (χ1n) is 9.65. The molecule has 3 heterocycles. The monoisotopic (exact) mass is 385 g/mol. The fourth-order valence-electron chi connectivity index (χ4n) is 3.86. The second kappa shape index (κ2) is 6.92. The predicted molar refractivity (Wildman–Crippen MR) is 107 cm³/mol. The molecule has 1 aliphatic heterocycles. The second-order valence-corrected chi connectivity index (χ2v) is 7.54. The number of unbranched alkanes of at least 4 members (excludes halogenated alkanes) is 1. The standard InChI is InChI=1S/C20H24FN5O2/c1-4-5-10-24-18(27)16-17(23(3)20(24)28)22-19-25(11-13(2)12-26(16)19)15-8-6-14(21)7-9-15/h6-9,13H,4-5,10-12H2,1-3H3/t13-/m0/s1. The van der Waals surface area contributed by atoms with E-state index in [9.17, 15) is 14.0 Å². The normalized spacial score (nSPS) is 16.6. The first-order chi connectivity index (χ1) is 13.4. The van der Waals surface area contributed by atoms with Crippen LogP contribution in [0.3, 0.4) is 0 Å². The van der Waals surface area contributed by atoms with Crippen LogP contribution >= 0.6 is 0 Å². The highest BCUT2D eigenvalue weighted by atomic mass is 19.1. The lowest BCUT2D eigenvalue weighted by Gasteiger charge is -2.32. The summed E-state index contributed by atoms with van der Waals surface area (Å²) in [4.78, 5) is 32.5. The largest absolute Gasteiger partial charge is 0.332 e. The molecule has 0 bridgehead atoms. The van der Waals surface area contributed by atoms with Crippen LogP contribution in [0, 0.1) is 11.7 Å². The molecule has 0 spiro atoms. The van der Waals surface area contributed by atoms with E-state index in [1.54, 1.807) is 19.2 Å².